The Morgan fingerprint density at radius 3 is 2.62 bits per heavy atom. The van der Waals surface area contributed by atoms with E-state index in [1.807, 2.05) is 0 Å². The molecule has 1 heterocycles. The average molecular weight is 288 g/mol. The zero-order chi connectivity index (χ0) is 14.7. The van der Waals surface area contributed by atoms with Crippen LogP contribution in [-0.2, 0) is 17.6 Å². The molecule has 3 heteroatoms. The summed E-state index contributed by atoms with van der Waals surface area (Å²) in [5.41, 5.74) is 9.44. The van der Waals surface area contributed by atoms with Crippen molar-refractivity contribution in [1.29, 1.82) is 0 Å². The van der Waals surface area contributed by atoms with E-state index >= 15 is 0 Å². The van der Waals surface area contributed by atoms with Crippen molar-refractivity contribution in [3.8, 4) is 0 Å². The molecule has 3 nitrogen and oxygen atoms in total. The Labute approximate surface area is 128 Å². The Bertz CT molecular complexity index is 468. The number of piperidine rings is 1. The lowest BCUT2D eigenvalue weighted by atomic mass is 9.76. The number of hydrogen-bond acceptors (Lipinski definition) is 3. The third-order valence-electron chi connectivity index (χ3n) is 5.39. The lowest BCUT2D eigenvalue weighted by molar-refractivity contribution is -0.0221. The Morgan fingerprint density at radius 1 is 1.24 bits per heavy atom. The second-order valence-electron chi connectivity index (χ2n) is 6.52. The number of benzene rings is 1. The van der Waals surface area contributed by atoms with Crippen LogP contribution in [0.3, 0.4) is 0 Å². The average Bonchev–Trinajstić information content (AvgIpc) is 2.55. The molecule has 1 atom stereocenters. The van der Waals surface area contributed by atoms with Crippen molar-refractivity contribution in [3.63, 3.8) is 0 Å². The van der Waals surface area contributed by atoms with Gasteiger partial charge in [-0.3, -0.25) is 4.90 Å². The molecule has 1 aliphatic heterocycles. The van der Waals surface area contributed by atoms with Crippen LogP contribution in [0.25, 0.3) is 0 Å². The van der Waals surface area contributed by atoms with Crippen molar-refractivity contribution in [1.82, 2.24) is 4.90 Å². The quantitative estimate of drug-likeness (QED) is 0.924. The normalized spacial score (nSPS) is 27.5. The largest absolute Gasteiger partial charge is 0.378 e. The number of rotatable bonds is 4. The van der Waals surface area contributed by atoms with E-state index in [4.69, 9.17) is 10.5 Å². The summed E-state index contributed by atoms with van der Waals surface area (Å²) in [4.78, 5) is 2.65. The first-order chi connectivity index (χ1) is 10.3. The van der Waals surface area contributed by atoms with Crippen LogP contribution >= 0.6 is 0 Å². The van der Waals surface area contributed by atoms with Crippen molar-refractivity contribution in [3.05, 3.63) is 35.4 Å². The Morgan fingerprint density at radius 2 is 1.95 bits per heavy atom. The molecule has 2 N–H and O–H groups in total. The third kappa shape index (κ3) is 3.01. The van der Waals surface area contributed by atoms with Crippen LogP contribution in [-0.4, -0.2) is 42.8 Å². The van der Waals surface area contributed by atoms with Gasteiger partial charge in [-0.25, -0.2) is 0 Å². The monoisotopic (exact) mass is 288 g/mol. The second-order valence-corrected chi connectivity index (χ2v) is 6.52. The molecule has 0 spiro atoms. The number of hydrogen-bond donors (Lipinski definition) is 1. The van der Waals surface area contributed by atoms with Crippen LogP contribution in [0, 0.1) is 0 Å². The molecule has 1 aromatic rings. The predicted molar refractivity (Wildman–Crippen MR) is 86.5 cm³/mol. The Balaban J connectivity index is 1.71. The fourth-order valence-corrected chi connectivity index (χ4v) is 4.09. The van der Waals surface area contributed by atoms with Crippen LogP contribution in [0.15, 0.2) is 24.3 Å². The van der Waals surface area contributed by atoms with E-state index in [-0.39, 0.29) is 5.54 Å². The highest BCUT2D eigenvalue weighted by atomic mass is 16.5. The molecule has 116 valence electrons. The van der Waals surface area contributed by atoms with E-state index in [1.165, 1.54) is 24.0 Å². The first-order valence-electron chi connectivity index (χ1n) is 8.41. The lowest BCUT2D eigenvalue weighted by Gasteiger charge is -2.49. The number of ether oxygens (including phenoxy) is 1. The van der Waals surface area contributed by atoms with Gasteiger partial charge in [0.1, 0.15) is 0 Å². The van der Waals surface area contributed by atoms with Gasteiger partial charge in [-0.05, 0) is 50.2 Å². The number of nitrogens with two attached hydrogens (primary N) is 1. The fraction of sp³-hybridized carbons (Fsp3) is 0.667. The molecule has 0 radical (unpaired) electrons. The molecule has 0 amide bonds. The molecule has 1 unspecified atom stereocenters. The molecule has 1 saturated heterocycles. The topological polar surface area (TPSA) is 38.5 Å². The summed E-state index contributed by atoms with van der Waals surface area (Å²) in [6, 6.07) is 8.87. The van der Waals surface area contributed by atoms with Crippen molar-refractivity contribution in [2.75, 3.05) is 26.2 Å². The van der Waals surface area contributed by atoms with Gasteiger partial charge in [0.25, 0.3) is 0 Å². The predicted octanol–water partition coefficient (Wildman–Crippen LogP) is 2.37. The zero-order valence-corrected chi connectivity index (χ0v) is 13.2. The molecular weight excluding hydrogens is 260 g/mol. The molecule has 0 saturated carbocycles. The third-order valence-corrected chi connectivity index (χ3v) is 5.39. The second kappa shape index (κ2) is 6.47. The zero-order valence-electron chi connectivity index (χ0n) is 13.2. The molecule has 1 aromatic carbocycles. The van der Waals surface area contributed by atoms with Crippen molar-refractivity contribution in [2.45, 2.75) is 50.7 Å². The van der Waals surface area contributed by atoms with E-state index < -0.39 is 0 Å². The van der Waals surface area contributed by atoms with Gasteiger partial charge in [0.05, 0.1) is 6.10 Å². The van der Waals surface area contributed by atoms with Gasteiger partial charge in [-0.15, -0.1) is 0 Å². The summed E-state index contributed by atoms with van der Waals surface area (Å²) in [5.74, 6) is 0. The first kappa shape index (κ1) is 15.0. The van der Waals surface area contributed by atoms with E-state index in [1.54, 1.807) is 0 Å². The highest BCUT2D eigenvalue weighted by Gasteiger charge is 2.40. The van der Waals surface area contributed by atoms with Crippen LogP contribution in [0.2, 0.25) is 0 Å². The maximum absolute atomic E-state index is 6.25. The minimum Gasteiger partial charge on any atom is -0.378 e. The van der Waals surface area contributed by atoms with Crippen LogP contribution in [0.5, 0.6) is 0 Å². The summed E-state index contributed by atoms with van der Waals surface area (Å²) < 4.78 is 5.78. The van der Waals surface area contributed by atoms with E-state index in [9.17, 15) is 0 Å². The fourth-order valence-electron chi connectivity index (χ4n) is 4.09. The number of aryl methyl sites for hydroxylation is 1. The molecule has 1 fully saturated rings. The summed E-state index contributed by atoms with van der Waals surface area (Å²) >= 11 is 0. The Kier molecular flexibility index (Phi) is 4.63. The first-order valence-corrected chi connectivity index (χ1v) is 8.41. The van der Waals surface area contributed by atoms with Gasteiger partial charge in [-0.2, -0.15) is 0 Å². The molecule has 2 aliphatic rings. The summed E-state index contributed by atoms with van der Waals surface area (Å²) in [6.07, 6.45) is 6.23. The van der Waals surface area contributed by atoms with Gasteiger partial charge >= 0.3 is 0 Å². The minimum atomic E-state index is 0.172. The van der Waals surface area contributed by atoms with Gasteiger partial charge in [0.2, 0.25) is 0 Å². The number of nitrogens with zero attached hydrogens (tertiary/aromatic N) is 1. The molecule has 0 bridgehead atoms. The maximum atomic E-state index is 6.25. The van der Waals surface area contributed by atoms with Crippen LogP contribution in [0.1, 0.15) is 37.3 Å². The standard InChI is InChI=1S/C18H28N2O/c1-2-21-17-8-11-20(12-9-17)18(14-19)10-7-15-5-3-4-6-16(15)13-18/h3-6,17H,2,7-14,19H2,1H3. The SMILES string of the molecule is CCOC1CCN(C2(CN)CCc3ccccc3C2)CC1. The maximum Gasteiger partial charge on any atom is 0.0599 e. The van der Waals surface area contributed by atoms with Gasteiger partial charge in [0.15, 0.2) is 0 Å². The molecular formula is C18H28N2O. The van der Waals surface area contributed by atoms with Crippen molar-refractivity contribution in [2.24, 2.45) is 5.73 Å². The smallest absolute Gasteiger partial charge is 0.0599 e. The lowest BCUT2D eigenvalue weighted by Crippen LogP contribution is -2.59. The van der Waals surface area contributed by atoms with Crippen LogP contribution in [0.4, 0.5) is 0 Å². The summed E-state index contributed by atoms with van der Waals surface area (Å²) in [7, 11) is 0. The van der Waals surface area contributed by atoms with E-state index in [0.29, 0.717) is 6.10 Å². The summed E-state index contributed by atoms with van der Waals surface area (Å²) in [6.45, 7) is 5.95. The Hall–Kier alpha value is -0.900. The highest BCUT2D eigenvalue weighted by molar-refractivity contribution is 5.32. The van der Waals surface area contributed by atoms with Crippen molar-refractivity contribution < 1.29 is 4.74 Å². The molecule has 21 heavy (non-hydrogen) atoms. The van der Waals surface area contributed by atoms with Gasteiger partial charge in [0, 0.05) is 31.8 Å². The molecule has 0 aromatic heterocycles. The molecule has 3 rings (SSSR count). The van der Waals surface area contributed by atoms with Crippen LogP contribution < -0.4 is 5.73 Å². The number of fused-ring (bicyclic) bond motifs is 1. The molecule has 1 aliphatic carbocycles. The minimum absolute atomic E-state index is 0.172. The van der Waals surface area contributed by atoms with Gasteiger partial charge in [-0.1, -0.05) is 24.3 Å². The summed E-state index contributed by atoms with van der Waals surface area (Å²) in [5, 5.41) is 0. The van der Waals surface area contributed by atoms with E-state index in [2.05, 4.69) is 36.1 Å². The van der Waals surface area contributed by atoms with Gasteiger partial charge < -0.3 is 10.5 Å². The van der Waals surface area contributed by atoms with Crippen molar-refractivity contribution >= 4 is 0 Å². The number of likely N-dealkylation sites (tertiary alicyclic amines) is 1. The van der Waals surface area contributed by atoms with E-state index in [0.717, 1.165) is 45.5 Å². The highest BCUT2D eigenvalue weighted by Crippen LogP contribution is 2.34.